The number of thiazole rings is 1. The van der Waals surface area contributed by atoms with Gasteiger partial charge < -0.3 is 14.5 Å². The molecule has 1 spiro atoms. The van der Waals surface area contributed by atoms with Crippen molar-refractivity contribution in [3.05, 3.63) is 48.0 Å². The minimum atomic E-state index is -0.137. The van der Waals surface area contributed by atoms with Gasteiger partial charge in [0, 0.05) is 37.7 Å². The summed E-state index contributed by atoms with van der Waals surface area (Å²) in [5.41, 5.74) is 2.96. The van der Waals surface area contributed by atoms with Crippen LogP contribution in [0.2, 0.25) is 0 Å². The molecule has 1 aromatic heterocycles. The molecule has 2 aliphatic heterocycles. The molecule has 0 unspecified atom stereocenters. The number of piperidine rings is 1. The third-order valence-corrected chi connectivity index (χ3v) is 7.43. The van der Waals surface area contributed by atoms with Gasteiger partial charge in [-0.2, -0.15) is 0 Å². The molecule has 8 heteroatoms. The van der Waals surface area contributed by atoms with Crippen molar-refractivity contribution >= 4 is 44.3 Å². The van der Waals surface area contributed by atoms with E-state index in [0.717, 1.165) is 34.5 Å². The summed E-state index contributed by atoms with van der Waals surface area (Å²) in [7, 11) is 1.63. The molecule has 3 amide bonds. The van der Waals surface area contributed by atoms with Crippen LogP contribution in [-0.4, -0.2) is 48.6 Å². The summed E-state index contributed by atoms with van der Waals surface area (Å²) < 4.78 is 6.31. The molecule has 31 heavy (non-hydrogen) atoms. The summed E-state index contributed by atoms with van der Waals surface area (Å²) in [5, 5.41) is 3.52. The number of para-hydroxylation sites is 1. The number of urea groups is 1. The van der Waals surface area contributed by atoms with Gasteiger partial charge in [-0.25, -0.2) is 9.78 Å². The molecular formula is C23H24N4O3S. The van der Waals surface area contributed by atoms with Crippen molar-refractivity contribution in [2.75, 3.05) is 37.0 Å². The summed E-state index contributed by atoms with van der Waals surface area (Å²) in [5.74, 6) is 0.820. The highest BCUT2D eigenvalue weighted by Crippen LogP contribution is 2.47. The minimum Gasteiger partial charge on any atom is -0.495 e. The second-order valence-corrected chi connectivity index (χ2v) is 9.15. The van der Waals surface area contributed by atoms with Crippen LogP contribution >= 0.6 is 11.3 Å². The summed E-state index contributed by atoms with van der Waals surface area (Å²) in [6.07, 6.45) is 1.66. The highest BCUT2D eigenvalue weighted by atomic mass is 32.1. The number of hydrogen-bond donors (Lipinski definition) is 1. The highest BCUT2D eigenvalue weighted by Gasteiger charge is 2.46. The normalized spacial score (nSPS) is 17.1. The SMILES string of the molecule is COc1cccc2nc(NC(=O)N3CCC4(CC3)CN(C(C)=O)c3ccccc34)sc12. The topological polar surface area (TPSA) is 74.8 Å². The van der Waals surface area contributed by atoms with E-state index in [2.05, 4.69) is 16.4 Å². The predicted molar refractivity (Wildman–Crippen MR) is 122 cm³/mol. The fraction of sp³-hybridized carbons (Fsp3) is 0.348. The fourth-order valence-electron chi connectivity index (χ4n) is 4.79. The number of hydrogen-bond acceptors (Lipinski definition) is 5. The summed E-state index contributed by atoms with van der Waals surface area (Å²) in [6.45, 7) is 3.58. The molecule has 0 atom stereocenters. The first-order chi connectivity index (χ1) is 15.0. The number of nitrogens with one attached hydrogen (secondary N) is 1. The molecule has 160 valence electrons. The van der Waals surface area contributed by atoms with E-state index in [-0.39, 0.29) is 17.4 Å². The maximum atomic E-state index is 12.9. The number of carbonyl (C=O) groups is 2. The van der Waals surface area contributed by atoms with Crippen molar-refractivity contribution in [2.24, 2.45) is 0 Å². The average Bonchev–Trinajstić information content (AvgIpc) is 3.33. The number of benzene rings is 2. The Labute approximate surface area is 184 Å². The van der Waals surface area contributed by atoms with E-state index < -0.39 is 0 Å². The lowest BCUT2D eigenvalue weighted by atomic mass is 9.74. The Balaban J connectivity index is 1.30. The number of likely N-dealkylation sites (tertiary alicyclic amines) is 1. The Hall–Kier alpha value is -3.13. The summed E-state index contributed by atoms with van der Waals surface area (Å²) in [6, 6.07) is 13.7. The average molecular weight is 437 g/mol. The number of amides is 3. The van der Waals surface area contributed by atoms with Gasteiger partial charge in [0.15, 0.2) is 5.13 Å². The quantitative estimate of drug-likeness (QED) is 0.652. The van der Waals surface area contributed by atoms with Crippen LogP contribution in [0, 0.1) is 0 Å². The molecule has 0 radical (unpaired) electrons. The molecule has 3 aromatic rings. The minimum absolute atomic E-state index is 0.0655. The number of methoxy groups -OCH3 is 1. The van der Waals surface area contributed by atoms with Gasteiger partial charge in [0.25, 0.3) is 0 Å². The molecule has 1 fully saturated rings. The number of ether oxygens (including phenoxy) is 1. The van der Waals surface area contributed by atoms with Crippen LogP contribution in [0.4, 0.5) is 15.6 Å². The van der Waals surface area contributed by atoms with Gasteiger partial charge in [-0.05, 0) is 36.6 Å². The van der Waals surface area contributed by atoms with E-state index >= 15 is 0 Å². The lowest BCUT2D eigenvalue weighted by Gasteiger charge is -2.39. The number of carbonyl (C=O) groups excluding carboxylic acids is 2. The Morgan fingerprint density at radius 3 is 2.65 bits per heavy atom. The van der Waals surface area contributed by atoms with E-state index in [4.69, 9.17) is 4.74 Å². The van der Waals surface area contributed by atoms with Crippen molar-refractivity contribution in [3.8, 4) is 5.75 Å². The molecule has 3 heterocycles. The van der Waals surface area contributed by atoms with Crippen LogP contribution in [-0.2, 0) is 10.2 Å². The first-order valence-corrected chi connectivity index (χ1v) is 11.2. The summed E-state index contributed by atoms with van der Waals surface area (Å²) in [4.78, 5) is 33.3. The third kappa shape index (κ3) is 3.31. The Bertz CT molecular complexity index is 1170. The number of anilines is 2. The molecule has 1 saturated heterocycles. The zero-order valence-electron chi connectivity index (χ0n) is 17.6. The number of fused-ring (bicyclic) bond motifs is 3. The van der Waals surface area contributed by atoms with Crippen molar-refractivity contribution in [1.29, 1.82) is 0 Å². The monoisotopic (exact) mass is 436 g/mol. The van der Waals surface area contributed by atoms with Gasteiger partial charge in [-0.3, -0.25) is 10.1 Å². The van der Waals surface area contributed by atoms with Crippen LogP contribution < -0.4 is 15.0 Å². The first-order valence-electron chi connectivity index (χ1n) is 10.4. The fourth-order valence-corrected chi connectivity index (χ4v) is 5.73. The highest BCUT2D eigenvalue weighted by molar-refractivity contribution is 7.22. The van der Waals surface area contributed by atoms with Gasteiger partial charge in [0.2, 0.25) is 5.91 Å². The number of nitrogens with zero attached hydrogens (tertiary/aromatic N) is 3. The van der Waals surface area contributed by atoms with Crippen molar-refractivity contribution in [3.63, 3.8) is 0 Å². The van der Waals surface area contributed by atoms with Crippen LogP contribution in [0.1, 0.15) is 25.3 Å². The molecular weight excluding hydrogens is 412 g/mol. The van der Waals surface area contributed by atoms with Crippen molar-refractivity contribution in [1.82, 2.24) is 9.88 Å². The number of rotatable bonds is 2. The lowest BCUT2D eigenvalue weighted by molar-refractivity contribution is -0.116. The Kier molecular flexibility index (Phi) is 4.81. The maximum Gasteiger partial charge on any atom is 0.323 e. The van der Waals surface area contributed by atoms with Gasteiger partial charge in [0.05, 0.1) is 17.3 Å². The second kappa shape index (κ2) is 7.53. The van der Waals surface area contributed by atoms with Crippen LogP contribution in [0.5, 0.6) is 5.75 Å². The van der Waals surface area contributed by atoms with E-state index in [0.29, 0.717) is 24.8 Å². The molecule has 2 aromatic carbocycles. The van der Waals surface area contributed by atoms with Crippen molar-refractivity contribution < 1.29 is 14.3 Å². The second-order valence-electron chi connectivity index (χ2n) is 8.15. The van der Waals surface area contributed by atoms with Crippen molar-refractivity contribution in [2.45, 2.75) is 25.2 Å². The molecule has 5 rings (SSSR count). The smallest absolute Gasteiger partial charge is 0.323 e. The zero-order chi connectivity index (χ0) is 21.6. The largest absolute Gasteiger partial charge is 0.495 e. The Morgan fingerprint density at radius 2 is 1.90 bits per heavy atom. The molecule has 0 aliphatic carbocycles. The first kappa shape index (κ1) is 19.8. The van der Waals surface area contributed by atoms with Crippen LogP contribution in [0.3, 0.4) is 0 Å². The van der Waals surface area contributed by atoms with E-state index in [1.54, 1.807) is 14.0 Å². The van der Waals surface area contributed by atoms with Gasteiger partial charge in [-0.15, -0.1) is 0 Å². The molecule has 2 aliphatic rings. The standard InChI is InChI=1S/C23H24N4O3S/c1-15(28)27-14-23(16-6-3-4-8-18(16)27)10-12-26(13-11-23)22(29)25-21-24-17-7-5-9-19(30-2)20(17)31-21/h3-9H,10-14H2,1-2H3,(H,24,25,29). The Morgan fingerprint density at radius 1 is 1.13 bits per heavy atom. The van der Waals surface area contributed by atoms with E-state index in [1.165, 1.54) is 16.9 Å². The number of aromatic nitrogens is 1. The predicted octanol–water partition coefficient (Wildman–Crippen LogP) is 4.24. The van der Waals surface area contributed by atoms with E-state index in [1.807, 2.05) is 46.2 Å². The van der Waals surface area contributed by atoms with Gasteiger partial charge in [-0.1, -0.05) is 35.6 Å². The van der Waals surface area contributed by atoms with E-state index in [9.17, 15) is 9.59 Å². The third-order valence-electron chi connectivity index (χ3n) is 6.43. The van der Waals surface area contributed by atoms with Crippen LogP contribution in [0.25, 0.3) is 10.2 Å². The maximum absolute atomic E-state index is 12.9. The van der Waals surface area contributed by atoms with Crippen LogP contribution in [0.15, 0.2) is 42.5 Å². The molecule has 1 N–H and O–H groups in total. The van der Waals surface area contributed by atoms with Gasteiger partial charge in [0.1, 0.15) is 5.75 Å². The van der Waals surface area contributed by atoms with Gasteiger partial charge >= 0.3 is 6.03 Å². The molecule has 0 bridgehead atoms. The summed E-state index contributed by atoms with van der Waals surface area (Å²) >= 11 is 1.41. The molecule has 7 nitrogen and oxygen atoms in total. The zero-order valence-corrected chi connectivity index (χ0v) is 18.4. The molecule has 0 saturated carbocycles. The lowest BCUT2D eigenvalue weighted by Crippen LogP contribution is -2.48.